The Morgan fingerprint density at radius 2 is 1.57 bits per heavy atom. The van der Waals surface area contributed by atoms with E-state index in [4.69, 9.17) is 9.47 Å². The molecule has 1 aliphatic rings. The summed E-state index contributed by atoms with van der Waals surface area (Å²) in [6, 6.07) is 24.8. The Bertz CT molecular complexity index is 1430. The second kappa shape index (κ2) is 12.9. The number of methoxy groups -OCH3 is 2. The summed E-state index contributed by atoms with van der Waals surface area (Å²) in [5, 5.41) is 1.18. The highest BCUT2D eigenvalue weighted by Crippen LogP contribution is 2.38. The third-order valence-corrected chi connectivity index (χ3v) is 7.89. The van der Waals surface area contributed by atoms with Crippen molar-refractivity contribution in [3.63, 3.8) is 0 Å². The van der Waals surface area contributed by atoms with Gasteiger partial charge >= 0.3 is 0 Å². The van der Waals surface area contributed by atoms with Gasteiger partial charge in [-0.3, -0.25) is 9.69 Å². The van der Waals surface area contributed by atoms with Gasteiger partial charge in [0.2, 0.25) is 5.91 Å². The van der Waals surface area contributed by atoms with Crippen LogP contribution in [0.5, 0.6) is 11.5 Å². The molecule has 5 rings (SSSR count). The van der Waals surface area contributed by atoms with Crippen molar-refractivity contribution in [1.82, 2.24) is 14.4 Å². The number of para-hydroxylation sites is 1. The van der Waals surface area contributed by atoms with Crippen molar-refractivity contribution in [3.8, 4) is 11.5 Å². The molecule has 1 aliphatic heterocycles. The molecule has 0 saturated carbocycles. The van der Waals surface area contributed by atoms with E-state index in [2.05, 4.69) is 83.3 Å². The van der Waals surface area contributed by atoms with E-state index in [0.29, 0.717) is 6.42 Å². The summed E-state index contributed by atoms with van der Waals surface area (Å²) in [4.78, 5) is 18.2. The Morgan fingerprint density at radius 1 is 0.900 bits per heavy atom. The summed E-state index contributed by atoms with van der Waals surface area (Å²) in [5.74, 6) is 1.51. The molecule has 208 valence electrons. The number of carbonyl (C=O) groups is 1. The number of aromatic nitrogens is 1. The molecule has 0 bridgehead atoms. The topological polar surface area (TPSA) is 46.9 Å². The molecule has 1 saturated heterocycles. The van der Waals surface area contributed by atoms with E-state index in [1.54, 1.807) is 14.2 Å². The zero-order chi connectivity index (χ0) is 27.9. The number of ether oxygens (including phenoxy) is 2. The van der Waals surface area contributed by atoms with Crippen LogP contribution >= 0.6 is 0 Å². The van der Waals surface area contributed by atoms with Gasteiger partial charge in [0, 0.05) is 74.8 Å². The number of piperazine rings is 1. The standard InChI is InChI=1S/C34H39N3O3/c1-4-36-25-32(30-14-8-9-15-33(30)36)31(27-21-28(39-2)23-29(22-27)40-3)24-34(38)37-19-17-35(18-20-37)16-10-13-26-11-6-5-7-12-26/h5-15,21-23,25,31H,4,16-20,24H2,1-3H3. The van der Waals surface area contributed by atoms with Gasteiger partial charge in [-0.25, -0.2) is 0 Å². The molecule has 1 unspecified atom stereocenters. The minimum absolute atomic E-state index is 0.124. The second-order valence-electron chi connectivity index (χ2n) is 10.3. The Labute approximate surface area is 237 Å². The lowest BCUT2D eigenvalue weighted by Gasteiger charge is -2.35. The number of rotatable bonds is 10. The molecule has 4 aromatic rings. The van der Waals surface area contributed by atoms with Crippen LogP contribution in [0.1, 0.15) is 36.0 Å². The highest BCUT2D eigenvalue weighted by molar-refractivity contribution is 5.87. The third-order valence-electron chi connectivity index (χ3n) is 7.89. The molecule has 1 amide bonds. The van der Waals surface area contributed by atoms with Gasteiger partial charge in [-0.2, -0.15) is 0 Å². The predicted octanol–water partition coefficient (Wildman–Crippen LogP) is 6.06. The highest BCUT2D eigenvalue weighted by Gasteiger charge is 2.28. The number of aryl methyl sites for hydroxylation is 1. The summed E-state index contributed by atoms with van der Waals surface area (Å²) in [7, 11) is 3.33. The van der Waals surface area contributed by atoms with Crippen LogP contribution in [-0.4, -0.2) is 67.2 Å². The predicted molar refractivity (Wildman–Crippen MR) is 162 cm³/mol. The van der Waals surface area contributed by atoms with Gasteiger partial charge in [0.05, 0.1) is 14.2 Å². The van der Waals surface area contributed by atoms with Crippen molar-refractivity contribution < 1.29 is 14.3 Å². The van der Waals surface area contributed by atoms with E-state index in [9.17, 15) is 4.79 Å². The van der Waals surface area contributed by atoms with E-state index in [-0.39, 0.29) is 11.8 Å². The summed E-state index contributed by atoms with van der Waals surface area (Å²) in [5.41, 5.74) is 4.57. The van der Waals surface area contributed by atoms with Crippen LogP contribution in [-0.2, 0) is 11.3 Å². The molecule has 1 aromatic heterocycles. The first-order valence-corrected chi connectivity index (χ1v) is 14.1. The van der Waals surface area contributed by atoms with Crippen LogP contribution in [0, 0.1) is 0 Å². The number of fused-ring (bicyclic) bond motifs is 1. The van der Waals surface area contributed by atoms with Crippen LogP contribution in [0.15, 0.2) is 85.1 Å². The van der Waals surface area contributed by atoms with Gasteiger partial charge in [-0.1, -0.05) is 60.7 Å². The van der Waals surface area contributed by atoms with Crippen LogP contribution < -0.4 is 9.47 Å². The van der Waals surface area contributed by atoms with Crippen molar-refractivity contribution in [3.05, 3.63) is 102 Å². The number of carbonyl (C=O) groups excluding carboxylic acids is 1. The summed E-state index contributed by atoms with van der Waals surface area (Å²) in [6.07, 6.45) is 6.98. The zero-order valence-electron chi connectivity index (χ0n) is 23.8. The van der Waals surface area contributed by atoms with Crippen molar-refractivity contribution >= 4 is 22.9 Å². The molecule has 6 heteroatoms. The summed E-state index contributed by atoms with van der Waals surface area (Å²) < 4.78 is 13.5. The van der Waals surface area contributed by atoms with Crippen molar-refractivity contribution in [1.29, 1.82) is 0 Å². The Balaban J connectivity index is 1.35. The molecule has 0 aliphatic carbocycles. The van der Waals surface area contributed by atoms with Crippen LogP contribution in [0.3, 0.4) is 0 Å². The fraction of sp³-hybridized carbons (Fsp3) is 0.324. The fourth-order valence-electron chi connectivity index (χ4n) is 5.64. The van der Waals surface area contributed by atoms with E-state index in [0.717, 1.165) is 61.9 Å². The molecule has 0 spiro atoms. The first kappa shape index (κ1) is 27.5. The SMILES string of the molecule is CCn1cc(C(CC(=O)N2CCN(CC=Cc3ccccc3)CC2)c2cc(OC)cc(OC)c2)c2ccccc21. The Kier molecular flexibility index (Phi) is 8.87. The number of hydrogen-bond acceptors (Lipinski definition) is 4. The lowest BCUT2D eigenvalue weighted by molar-refractivity contribution is -0.133. The fourth-order valence-corrected chi connectivity index (χ4v) is 5.64. The number of hydrogen-bond donors (Lipinski definition) is 0. The molecule has 1 fully saturated rings. The van der Waals surface area contributed by atoms with Gasteiger partial charge in [0.15, 0.2) is 0 Å². The monoisotopic (exact) mass is 537 g/mol. The van der Waals surface area contributed by atoms with Gasteiger partial charge in [-0.15, -0.1) is 0 Å². The van der Waals surface area contributed by atoms with Gasteiger partial charge in [-0.05, 0) is 41.8 Å². The molecule has 3 aromatic carbocycles. The first-order chi connectivity index (χ1) is 19.6. The number of nitrogens with zero attached hydrogens (tertiary/aromatic N) is 3. The average molecular weight is 538 g/mol. The Hall–Kier alpha value is -4.03. The second-order valence-corrected chi connectivity index (χ2v) is 10.3. The summed E-state index contributed by atoms with van der Waals surface area (Å²) >= 11 is 0. The van der Waals surface area contributed by atoms with E-state index < -0.39 is 0 Å². The van der Waals surface area contributed by atoms with Crippen LogP contribution in [0.25, 0.3) is 17.0 Å². The third kappa shape index (κ3) is 6.23. The lowest BCUT2D eigenvalue weighted by atomic mass is 9.87. The van der Waals surface area contributed by atoms with Crippen molar-refractivity contribution in [2.24, 2.45) is 0 Å². The normalized spacial score (nSPS) is 15.0. The number of amides is 1. The molecule has 2 heterocycles. The number of benzene rings is 3. The molecule has 6 nitrogen and oxygen atoms in total. The maximum absolute atomic E-state index is 13.8. The molecular weight excluding hydrogens is 498 g/mol. The van der Waals surface area contributed by atoms with Gasteiger partial charge in [0.25, 0.3) is 0 Å². The quantitative estimate of drug-likeness (QED) is 0.247. The minimum atomic E-state index is -0.124. The molecule has 1 atom stereocenters. The van der Waals surface area contributed by atoms with Gasteiger partial charge < -0.3 is 18.9 Å². The van der Waals surface area contributed by atoms with Crippen molar-refractivity contribution in [2.45, 2.75) is 25.8 Å². The van der Waals surface area contributed by atoms with Crippen LogP contribution in [0.4, 0.5) is 0 Å². The maximum Gasteiger partial charge on any atom is 0.223 e. The average Bonchev–Trinajstić information content (AvgIpc) is 3.39. The van der Waals surface area contributed by atoms with Crippen LogP contribution in [0.2, 0.25) is 0 Å². The van der Waals surface area contributed by atoms with E-state index in [1.807, 2.05) is 29.2 Å². The zero-order valence-corrected chi connectivity index (χ0v) is 23.8. The van der Waals surface area contributed by atoms with E-state index >= 15 is 0 Å². The highest BCUT2D eigenvalue weighted by atomic mass is 16.5. The molecular formula is C34H39N3O3. The Morgan fingerprint density at radius 3 is 2.25 bits per heavy atom. The molecule has 0 N–H and O–H groups in total. The maximum atomic E-state index is 13.8. The molecule has 0 radical (unpaired) electrons. The smallest absolute Gasteiger partial charge is 0.223 e. The van der Waals surface area contributed by atoms with Crippen molar-refractivity contribution in [2.75, 3.05) is 46.9 Å². The molecule has 40 heavy (non-hydrogen) atoms. The minimum Gasteiger partial charge on any atom is -0.497 e. The largest absolute Gasteiger partial charge is 0.497 e. The van der Waals surface area contributed by atoms with E-state index in [1.165, 1.54) is 16.5 Å². The van der Waals surface area contributed by atoms with Gasteiger partial charge in [0.1, 0.15) is 11.5 Å². The lowest BCUT2D eigenvalue weighted by Crippen LogP contribution is -2.48. The summed E-state index contributed by atoms with van der Waals surface area (Å²) in [6.45, 7) is 7.13. The first-order valence-electron chi connectivity index (χ1n) is 14.1.